The summed E-state index contributed by atoms with van der Waals surface area (Å²) in [6.07, 6.45) is 4.36. The first-order valence-corrected chi connectivity index (χ1v) is 7.32. The van der Waals surface area contributed by atoms with Gasteiger partial charge in [0.1, 0.15) is 12.2 Å². The van der Waals surface area contributed by atoms with Gasteiger partial charge in [0.2, 0.25) is 0 Å². The molecule has 1 atom stereocenters. The molecule has 1 saturated heterocycles. The molecule has 1 fully saturated rings. The molecule has 0 saturated carbocycles. The van der Waals surface area contributed by atoms with Crippen LogP contribution >= 0.6 is 11.6 Å². The van der Waals surface area contributed by atoms with Crippen LogP contribution in [0.1, 0.15) is 47.3 Å². The number of rotatable bonds is 2. The molecule has 1 amide bonds. The van der Waals surface area contributed by atoms with Crippen LogP contribution in [0.2, 0.25) is 5.02 Å². The van der Waals surface area contributed by atoms with Gasteiger partial charge >= 0.3 is 0 Å². The summed E-state index contributed by atoms with van der Waals surface area (Å²) in [5.74, 6) is 0.566. The van der Waals surface area contributed by atoms with E-state index in [1.54, 1.807) is 16.6 Å². The minimum absolute atomic E-state index is 0.0906. The molecule has 1 aliphatic rings. The molecule has 0 aliphatic carbocycles. The number of hydrogen-bond acceptors (Lipinski definition) is 4. The summed E-state index contributed by atoms with van der Waals surface area (Å²) in [6, 6.07) is -0.0906. The number of likely N-dealkylation sites (tertiary alicyclic amines) is 1. The Morgan fingerprint density at radius 1 is 1.48 bits per heavy atom. The van der Waals surface area contributed by atoms with Crippen molar-refractivity contribution in [1.82, 2.24) is 29.9 Å². The van der Waals surface area contributed by atoms with E-state index < -0.39 is 0 Å². The average Bonchev–Trinajstić information content (AvgIpc) is 3.11. The monoisotopic (exact) mass is 308 g/mol. The summed E-state index contributed by atoms with van der Waals surface area (Å²) in [5.41, 5.74) is 1.09. The highest BCUT2D eigenvalue weighted by Crippen LogP contribution is 2.31. The third kappa shape index (κ3) is 2.42. The van der Waals surface area contributed by atoms with Gasteiger partial charge in [0.25, 0.3) is 5.91 Å². The third-order valence-corrected chi connectivity index (χ3v) is 4.43. The first-order valence-electron chi connectivity index (χ1n) is 6.95. The number of halogens is 1. The lowest BCUT2D eigenvalue weighted by Crippen LogP contribution is -2.39. The molecule has 1 N–H and O–H groups in total. The predicted octanol–water partition coefficient (Wildman–Crippen LogP) is 1.87. The van der Waals surface area contributed by atoms with E-state index >= 15 is 0 Å². The summed E-state index contributed by atoms with van der Waals surface area (Å²) < 4.78 is 1.63. The van der Waals surface area contributed by atoms with Crippen molar-refractivity contribution in [3.05, 3.63) is 28.6 Å². The van der Waals surface area contributed by atoms with E-state index in [-0.39, 0.29) is 11.9 Å². The molecule has 0 bridgehead atoms. The number of amides is 1. The molecule has 0 spiro atoms. The van der Waals surface area contributed by atoms with Crippen molar-refractivity contribution >= 4 is 17.5 Å². The number of aromatic nitrogens is 5. The summed E-state index contributed by atoms with van der Waals surface area (Å²) in [5, 5.41) is 11.4. The van der Waals surface area contributed by atoms with Gasteiger partial charge in [-0.15, -0.1) is 0 Å². The second kappa shape index (κ2) is 5.48. The first kappa shape index (κ1) is 14.1. The Morgan fingerprint density at radius 3 is 2.90 bits per heavy atom. The quantitative estimate of drug-likeness (QED) is 0.918. The van der Waals surface area contributed by atoms with Crippen molar-refractivity contribution in [3.63, 3.8) is 0 Å². The van der Waals surface area contributed by atoms with Crippen molar-refractivity contribution in [3.8, 4) is 0 Å². The second-order valence-corrected chi connectivity index (χ2v) is 5.63. The zero-order chi connectivity index (χ0) is 15.0. The zero-order valence-electron chi connectivity index (χ0n) is 12.0. The molecule has 0 radical (unpaired) electrons. The highest BCUT2D eigenvalue weighted by atomic mass is 35.5. The fourth-order valence-electron chi connectivity index (χ4n) is 2.69. The van der Waals surface area contributed by atoms with E-state index in [2.05, 4.69) is 20.3 Å². The Kier molecular flexibility index (Phi) is 3.67. The van der Waals surface area contributed by atoms with Gasteiger partial charge in [-0.25, -0.2) is 4.98 Å². The zero-order valence-corrected chi connectivity index (χ0v) is 12.8. The lowest BCUT2D eigenvalue weighted by molar-refractivity contribution is 0.0593. The fraction of sp³-hybridized carbons (Fsp3) is 0.538. The highest BCUT2D eigenvalue weighted by Gasteiger charge is 2.33. The molecule has 8 heteroatoms. The van der Waals surface area contributed by atoms with E-state index in [1.165, 1.54) is 6.33 Å². The second-order valence-electron chi connectivity index (χ2n) is 5.25. The lowest BCUT2D eigenvalue weighted by Gasteiger charge is -2.33. The maximum absolute atomic E-state index is 12.8. The maximum atomic E-state index is 12.8. The molecule has 3 heterocycles. The molecule has 21 heavy (non-hydrogen) atoms. The van der Waals surface area contributed by atoms with Crippen molar-refractivity contribution in [2.24, 2.45) is 7.05 Å². The van der Waals surface area contributed by atoms with Crippen LogP contribution in [0.3, 0.4) is 0 Å². The molecule has 1 aliphatic heterocycles. The largest absolute Gasteiger partial charge is 0.327 e. The molecule has 2 aromatic rings. The normalized spacial score (nSPS) is 19.0. The van der Waals surface area contributed by atoms with Crippen molar-refractivity contribution in [2.45, 2.75) is 32.2 Å². The number of aryl methyl sites for hydroxylation is 1. The van der Waals surface area contributed by atoms with Gasteiger partial charge in [-0.3, -0.25) is 14.6 Å². The number of carbonyl (C=O) groups is 1. The van der Waals surface area contributed by atoms with Crippen LogP contribution in [0, 0.1) is 6.92 Å². The maximum Gasteiger partial charge on any atom is 0.276 e. The SMILES string of the molecule is Cc1c(Cl)c(C(=O)N2CCCCC2c2ncn[nH]2)nn1C. The van der Waals surface area contributed by atoms with Crippen LogP contribution in [0.15, 0.2) is 6.33 Å². The Hall–Kier alpha value is -1.89. The standard InChI is InChI=1S/C13H17ClN6O/c1-8-10(14)11(18-19(8)2)13(21)20-6-4-3-5-9(20)12-15-7-16-17-12/h7,9H,3-6H2,1-2H3,(H,15,16,17). The van der Waals surface area contributed by atoms with Crippen molar-refractivity contribution < 1.29 is 4.79 Å². The molecule has 1 unspecified atom stereocenters. The Morgan fingerprint density at radius 2 is 2.29 bits per heavy atom. The van der Waals surface area contributed by atoms with Gasteiger partial charge in [-0.1, -0.05) is 11.6 Å². The molecule has 3 rings (SSSR count). The number of carbonyl (C=O) groups excluding carboxylic acids is 1. The smallest absolute Gasteiger partial charge is 0.276 e. The van der Waals surface area contributed by atoms with Crippen molar-refractivity contribution in [2.75, 3.05) is 6.54 Å². The van der Waals surface area contributed by atoms with E-state index in [1.807, 2.05) is 6.92 Å². The number of nitrogens with one attached hydrogen (secondary N) is 1. The topological polar surface area (TPSA) is 79.7 Å². The van der Waals surface area contributed by atoms with E-state index in [0.29, 0.717) is 23.1 Å². The summed E-state index contributed by atoms with van der Waals surface area (Å²) in [6.45, 7) is 2.52. The molecule has 2 aromatic heterocycles. The van der Waals surface area contributed by atoms with Crippen LogP contribution in [0.5, 0.6) is 0 Å². The van der Waals surface area contributed by atoms with Gasteiger partial charge in [0, 0.05) is 13.6 Å². The fourth-order valence-corrected chi connectivity index (χ4v) is 2.93. The van der Waals surface area contributed by atoms with Crippen LogP contribution in [0.25, 0.3) is 0 Å². The molecule has 7 nitrogen and oxygen atoms in total. The van der Waals surface area contributed by atoms with Gasteiger partial charge in [0.05, 0.1) is 16.8 Å². The van der Waals surface area contributed by atoms with Crippen LogP contribution in [0.4, 0.5) is 0 Å². The molecular weight excluding hydrogens is 292 g/mol. The van der Waals surface area contributed by atoms with Crippen LogP contribution < -0.4 is 0 Å². The van der Waals surface area contributed by atoms with Gasteiger partial charge in [0.15, 0.2) is 5.69 Å². The third-order valence-electron chi connectivity index (χ3n) is 3.98. The number of H-pyrrole nitrogens is 1. The number of aromatic amines is 1. The Labute approximate surface area is 127 Å². The Bertz CT molecular complexity index is 650. The van der Waals surface area contributed by atoms with E-state index in [9.17, 15) is 4.79 Å². The van der Waals surface area contributed by atoms with Crippen molar-refractivity contribution in [1.29, 1.82) is 0 Å². The molecule has 112 valence electrons. The summed E-state index contributed by atoms with van der Waals surface area (Å²) >= 11 is 6.23. The molecule has 0 aromatic carbocycles. The minimum Gasteiger partial charge on any atom is -0.327 e. The number of hydrogen-bond donors (Lipinski definition) is 1. The van der Waals surface area contributed by atoms with Gasteiger partial charge < -0.3 is 4.90 Å². The van der Waals surface area contributed by atoms with E-state index in [0.717, 1.165) is 25.0 Å². The average molecular weight is 309 g/mol. The summed E-state index contributed by atoms with van der Waals surface area (Å²) in [7, 11) is 1.78. The van der Waals surface area contributed by atoms with Crippen LogP contribution in [-0.2, 0) is 7.05 Å². The predicted molar refractivity (Wildman–Crippen MR) is 77.0 cm³/mol. The Balaban J connectivity index is 1.93. The number of piperidine rings is 1. The summed E-state index contributed by atoms with van der Waals surface area (Å²) in [4.78, 5) is 18.8. The van der Waals surface area contributed by atoms with Crippen LogP contribution in [-0.4, -0.2) is 42.3 Å². The first-order chi connectivity index (χ1) is 10.1. The lowest BCUT2D eigenvalue weighted by atomic mass is 10.0. The highest BCUT2D eigenvalue weighted by molar-refractivity contribution is 6.34. The molecular formula is C13H17ClN6O. The van der Waals surface area contributed by atoms with Gasteiger partial charge in [-0.05, 0) is 26.2 Å². The van der Waals surface area contributed by atoms with Gasteiger partial charge in [-0.2, -0.15) is 10.2 Å². The van der Waals surface area contributed by atoms with E-state index in [4.69, 9.17) is 11.6 Å². The number of nitrogens with zero attached hydrogens (tertiary/aromatic N) is 5. The minimum atomic E-state index is -0.148.